The molecule has 0 bridgehead atoms. The molecule has 0 saturated carbocycles. The van der Waals surface area contributed by atoms with Crippen LogP contribution >= 0.6 is 0 Å². The number of aliphatic hydroxyl groups is 1. The number of rotatable bonds is 62. The third-order valence-corrected chi connectivity index (χ3v) is 17.9. The van der Waals surface area contributed by atoms with Gasteiger partial charge in [-0.05, 0) is 43.9 Å². The summed E-state index contributed by atoms with van der Waals surface area (Å²) in [6.45, 7) is 9.58. The number of hydrogen-bond donors (Lipinski definition) is 2. The second-order valence-corrected chi connectivity index (χ2v) is 26.1. The predicted molar refractivity (Wildman–Crippen MR) is 362 cm³/mol. The SMILES string of the molecule is CCCCCCCCCCCCCCCCCCOc1cc(COC(=O)CCC(=O)O[C@@H]2C[C@H](n3cc(C)c(=O)[nH]c3=O)O[C@@H]2CO)cc(OCCCCCCCCCCCCCCCCCC)c1OCCCCCCCCCCCCCCCCCC. The number of esters is 2. The molecule has 0 radical (unpaired) electrons. The highest BCUT2D eigenvalue weighted by Gasteiger charge is 2.39. The minimum absolute atomic E-state index is 0.0455. The lowest BCUT2D eigenvalue weighted by molar-refractivity contribution is -0.157. The van der Waals surface area contributed by atoms with E-state index in [9.17, 15) is 24.3 Å². The molecule has 3 rings (SSSR count). The molecule has 1 aliphatic rings. The first-order chi connectivity index (χ1) is 43.2. The summed E-state index contributed by atoms with van der Waals surface area (Å²) >= 11 is 0. The molecule has 1 aromatic heterocycles. The van der Waals surface area contributed by atoms with E-state index in [1.807, 2.05) is 12.1 Å². The Kier molecular flexibility index (Phi) is 48.9. The van der Waals surface area contributed by atoms with Gasteiger partial charge in [0.2, 0.25) is 5.75 Å². The van der Waals surface area contributed by atoms with E-state index in [1.54, 1.807) is 6.92 Å². The summed E-state index contributed by atoms with van der Waals surface area (Å²) in [5.74, 6) is 0.598. The zero-order valence-corrected chi connectivity index (χ0v) is 57.0. The van der Waals surface area contributed by atoms with Gasteiger partial charge in [-0.1, -0.05) is 310 Å². The van der Waals surface area contributed by atoms with E-state index in [2.05, 4.69) is 25.8 Å². The van der Waals surface area contributed by atoms with Gasteiger partial charge in [0, 0.05) is 18.2 Å². The number of unbranched alkanes of at least 4 members (excludes halogenated alkanes) is 45. The Morgan fingerprint density at radius 1 is 0.489 bits per heavy atom. The molecule has 0 amide bonds. The first-order valence-electron chi connectivity index (χ1n) is 37.2. The maximum atomic E-state index is 13.3. The molecule has 3 atom stereocenters. The molecule has 0 unspecified atom stereocenters. The largest absolute Gasteiger partial charge is 0.490 e. The maximum absolute atomic E-state index is 13.3. The van der Waals surface area contributed by atoms with Gasteiger partial charge >= 0.3 is 17.6 Å². The molecule has 0 spiro atoms. The fraction of sp³-hybridized carbons (Fsp3) is 0.840. The summed E-state index contributed by atoms with van der Waals surface area (Å²) in [7, 11) is 0. The lowest BCUT2D eigenvalue weighted by atomic mass is 10.0. The molecule has 13 nitrogen and oxygen atoms in total. The van der Waals surface area contributed by atoms with E-state index in [-0.39, 0.29) is 25.9 Å². The van der Waals surface area contributed by atoms with Crippen LogP contribution in [0.4, 0.5) is 0 Å². The van der Waals surface area contributed by atoms with Crippen LogP contribution in [0.25, 0.3) is 0 Å². The molecule has 1 fully saturated rings. The third-order valence-electron chi connectivity index (χ3n) is 17.9. The Labute approximate surface area is 536 Å². The number of hydrogen-bond acceptors (Lipinski definition) is 11. The minimum atomic E-state index is -0.887. The van der Waals surface area contributed by atoms with E-state index >= 15 is 0 Å². The van der Waals surface area contributed by atoms with Crippen LogP contribution in [0.15, 0.2) is 27.9 Å². The molecule has 1 saturated heterocycles. The summed E-state index contributed by atoms with van der Waals surface area (Å²) < 4.78 is 38.4. The number of nitrogens with zero attached hydrogens (tertiary/aromatic N) is 1. The van der Waals surface area contributed by atoms with Gasteiger partial charge in [0.15, 0.2) is 11.5 Å². The van der Waals surface area contributed by atoms with Crippen molar-refractivity contribution in [1.82, 2.24) is 9.55 Å². The molecule has 1 aliphatic heterocycles. The van der Waals surface area contributed by atoms with Crippen molar-refractivity contribution in [3.8, 4) is 17.2 Å². The average molecular weight is 1240 g/mol. The molecule has 508 valence electrons. The first kappa shape index (κ1) is 78.4. The van der Waals surface area contributed by atoms with Crippen LogP contribution in [0, 0.1) is 6.92 Å². The topological polar surface area (TPSA) is 165 Å². The van der Waals surface area contributed by atoms with Gasteiger partial charge in [-0.3, -0.25) is 23.9 Å². The van der Waals surface area contributed by atoms with Crippen molar-refractivity contribution in [3.63, 3.8) is 0 Å². The normalized spacial score (nSPS) is 14.9. The van der Waals surface area contributed by atoms with Crippen LogP contribution < -0.4 is 25.5 Å². The monoisotopic (exact) mass is 1240 g/mol. The average Bonchev–Trinajstić information content (AvgIpc) is 2.06. The van der Waals surface area contributed by atoms with E-state index < -0.39 is 48.2 Å². The molecular weight excluding hydrogens is 1100 g/mol. The Bertz CT molecular complexity index is 2050. The van der Waals surface area contributed by atoms with Crippen LogP contribution in [0.1, 0.15) is 366 Å². The summed E-state index contributed by atoms with van der Waals surface area (Å²) in [5, 5.41) is 10.0. The second-order valence-electron chi connectivity index (χ2n) is 26.1. The zero-order valence-electron chi connectivity index (χ0n) is 57.0. The number of ether oxygens (including phenoxy) is 6. The number of aryl methyl sites for hydroxylation is 1. The smallest absolute Gasteiger partial charge is 0.330 e. The van der Waals surface area contributed by atoms with Gasteiger partial charge in [0.25, 0.3) is 5.56 Å². The van der Waals surface area contributed by atoms with Crippen molar-refractivity contribution < 1.29 is 43.1 Å². The fourth-order valence-corrected chi connectivity index (χ4v) is 12.2. The van der Waals surface area contributed by atoms with Crippen molar-refractivity contribution in [2.45, 2.75) is 380 Å². The number of aromatic amines is 1. The molecule has 1 aromatic carbocycles. The number of nitrogens with one attached hydrogen (secondary N) is 1. The van der Waals surface area contributed by atoms with Crippen molar-refractivity contribution >= 4 is 11.9 Å². The molecule has 0 aliphatic carbocycles. The molecule has 13 heteroatoms. The van der Waals surface area contributed by atoms with Crippen LogP contribution in [-0.4, -0.2) is 65.2 Å². The highest BCUT2D eigenvalue weighted by molar-refractivity contribution is 5.77. The summed E-state index contributed by atoms with van der Waals surface area (Å²) in [4.78, 5) is 53.1. The lowest BCUT2D eigenvalue weighted by Crippen LogP contribution is -2.33. The van der Waals surface area contributed by atoms with Crippen molar-refractivity contribution in [3.05, 3.63) is 50.3 Å². The van der Waals surface area contributed by atoms with Gasteiger partial charge in [-0.25, -0.2) is 4.79 Å². The summed E-state index contributed by atoms with van der Waals surface area (Å²) in [6.07, 6.45) is 61.1. The van der Waals surface area contributed by atoms with Gasteiger partial charge in [-0.15, -0.1) is 0 Å². The predicted octanol–water partition coefficient (Wildman–Crippen LogP) is 20.5. The van der Waals surface area contributed by atoms with E-state index in [4.69, 9.17) is 28.4 Å². The molecule has 2 heterocycles. The van der Waals surface area contributed by atoms with Crippen molar-refractivity contribution in [2.75, 3.05) is 26.4 Å². The number of aromatic nitrogens is 2. The molecule has 88 heavy (non-hydrogen) atoms. The number of benzene rings is 1. The molecule has 2 aromatic rings. The number of aliphatic hydroxyl groups excluding tert-OH is 1. The van der Waals surface area contributed by atoms with E-state index in [0.29, 0.717) is 48.2 Å². The Morgan fingerprint density at radius 2 is 0.818 bits per heavy atom. The van der Waals surface area contributed by atoms with E-state index in [0.717, 1.165) is 38.5 Å². The van der Waals surface area contributed by atoms with Crippen molar-refractivity contribution in [1.29, 1.82) is 0 Å². The quantitative estimate of drug-likeness (QED) is 0.0478. The Hall–Kier alpha value is -3.84. The van der Waals surface area contributed by atoms with Crippen LogP contribution in [0.5, 0.6) is 17.2 Å². The minimum Gasteiger partial charge on any atom is -0.490 e. The summed E-state index contributed by atoms with van der Waals surface area (Å²) in [6, 6.07) is 3.83. The maximum Gasteiger partial charge on any atom is 0.330 e. The first-order valence-corrected chi connectivity index (χ1v) is 37.2. The van der Waals surface area contributed by atoms with Gasteiger partial charge in [0.1, 0.15) is 25.0 Å². The Morgan fingerprint density at radius 3 is 1.17 bits per heavy atom. The van der Waals surface area contributed by atoms with Gasteiger partial charge in [-0.2, -0.15) is 0 Å². The zero-order chi connectivity index (χ0) is 63.2. The van der Waals surface area contributed by atoms with Crippen LogP contribution in [0.2, 0.25) is 0 Å². The number of H-pyrrole nitrogens is 1. The fourth-order valence-electron chi connectivity index (χ4n) is 12.2. The molecular formula is C75H132N2O11. The van der Waals surface area contributed by atoms with Crippen LogP contribution in [-0.2, 0) is 30.4 Å². The number of carbonyl (C=O) groups excluding carboxylic acids is 2. The van der Waals surface area contributed by atoms with Gasteiger partial charge < -0.3 is 33.5 Å². The lowest BCUT2D eigenvalue weighted by Gasteiger charge is -2.19. The van der Waals surface area contributed by atoms with Gasteiger partial charge in [0.05, 0.1) is 39.3 Å². The second kappa shape index (κ2) is 54.9. The third kappa shape index (κ3) is 39.4. The standard InChI is InChI=1S/C75H132N2O11/c1-5-8-11-14-17-20-23-26-29-32-35-38-41-44-47-50-55-83-67-58-65(63-86-71(79)53-54-72(80)88-66-60-70(87-69(66)62-78)77-61-64(4)74(81)76-75(77)82)59-68(84-56-51-48-45-42-39-36-33-30-27-24-21-18-15-12-9-6-2)73(67)85-57-52-49-46-43-40-37-34-31-28-25-22-19-16-13-10-7-3/h58-59,61,66,69-70,78H,5-57,60,62-63H2,1-4H3,(H,76,81,82)/t66-,69-,70-/m1/s1. The molecule has 2 N–H and O–H groups in total. The number of carbonyl (C=O) groups is 2. The van der Waals surface area contributed by atoms with E-state index in [1.165, 1.54) is 280 Å². The highest BCUT2D eigenvalue weighted by atomic mass is 16.6. The Balaban J connectivity index is 1.58. The van der Waals surface area contributed by atoms with Crippen LogP contribution in [0.3, 0.4) is 0 Å². The van der Waals surface area contributed by atoms with Crippen molar-refractivity contribution in [2.24, 2.45) is 0 Å². The summed E-state index contributed by atoms with van der Waals surface area (Å²) in [5.41, 5.74) is -0.139. The highest BCUT2D eigenvalue weighted by Crippen LogP contribution is 2.40.